The van der Waals surface area contributed by atoms with Crippen LogP contribution in [0.3, 0.4) is 0 Å². The number of piperazine rings is 1. The van der Waals surface area contributed by atoms with Crippen LogP contribution >= 0.6 is 0 Å². The number of aromatic carboxylic acids is 1. The lowest BCUT2D eigenvalue weighted by Gasteiger charge is -2.37. The molecule has 1 aliphatic rings. The van der Waals surface area contributed by atoms with Gasteiger partial charge in [-0.15, -0.1) is 0 Å². The van der Waals surface area contributed by atoms with E-state index < -0.39 is 5.97 Å². The summed E-state index contributed by atoms with van der Waals surface area (Å²) < 4.78 is 5.34. The van der Waals surface area contributed by atoms with Gasteiger partial charge in [0.1, 0.15) is 5.76 Å². The maximum absolute atomic E-state index is 10.8. The molecule has 1 aromatic heterocycles. The molecule has 1 unspecified atom stereocenters. The summed E-state index contributed by atoms with van der Waals surface area (Å²) in [5.41, 5.74) is 0. The Kier molecular flexibility index (Phi) is 4.57. The topological polar surface area (TPSA) is 77.2 Å². The van der Waals surface area contributed by atoms with Crippen molar-refractivity contribution in [3.63, 3.8) is 0 Å². The summed E-state index contributed by atoms with van der Waals surface area (Å²) in [7, 11) is 0. The van der Waals surface area contributed by atoms with E-state index in [0.29, 0.717) is 12.3 Å². The molecule has 106 valence electrons. The van der Waals surface area contributed by atoms with E-state index in [-0.39, 0.29) is 18.4 Å². The molecule has 2 heterocycles. The Morgan fingerprint density at radius 3 is 2.58 bits per heavy atom. The molecule has 1 atom stereocenters. The Labute approximate surface area is 112 Å². The number of hydrogen-bond acceptors (Lipinski definition) is 5. The van der Waals surface area contributed by atoms with Gasteiger partial charge in [-0.1, -0.05) is 0 Å². The zero-order valence-electron chi connectivity index (χ0n) is 11.1. The maximum Gasteiger partial charge on any atom is 0.371 e. The number of carbonyl (C=O) groups is 1. The number of rotatable bonds is 5. The summed E-state index contributed by atoms with van der Waals surface area (Å²) in [5, 5.41) is 17.7. The average molecular weight is 268 g/mol. The molecule has 0 saturated carbocycles. The highest BCUT2D eigenvalue weighted by atomic mass is 16.4. The summed E-state index contributed by atoms with van der Waals surface area (Å²) >= 11 is 0. The van der Waals surface area contributed by atoms with Crippen LogP contribution in [0.2, 0.25) is 0 Å². The van der Waals surface area contributed by atoms with Crippen LogP contribution in [0, 0.1) is 0 Å². The SMILES string of the molecule is CC(c1ccc(C(=O)O)o1)N1CCN(CCO)CC1. The van der Waals surface area contributed by atoms with Gasteiger partial charge >= 0.3 is 5.97 Å². The smallest absolute Gasteiger partial charge is 0.371 e. The Morgan fingerprint density at radius 2 is 2.05 bits per heavy atom. The highest BCUT2D eigenvalue weighted by molar-refractivity contribution is 5.84. The summed E-state index contributed by atoms with van der Waals surface area (Å²) in [5.74, 6) is -0.361. The molecular weight excluding hydrogens is 248 g/mol. The summed E-state index contributed by atoms with van der Waals surface area (Å²) in [6.07, 6.45) is 0. The predicted octanol–water partition coefficient (Wildman–Crippen LogP) is 0.649. The molecule has 1 aromatic rings. The van der Waals surface area contributed by atoms with E-state index in [4.69, 9.17) is 14.6 Å². The summed E-state index contributed by atoms with van der Waals surface area (Å²) in [4.78, 5) is 15.3. The van der Waals surface area contributed by atoms with Gasteiger partial charge in [0, 0.05) is 32.7 Å². The number of aliphatic hydroxyl groups is 1. The monoisotopic (exact) mass is 268 g/mol. The molecule has 0 aliphatic carbocycles. The number of β-amino-alcohol motifs (C(OH)–C–C–N with tert-alkyl or cyclic N) is 1. The third kappa shape index (κ3) is 3.34. The molecule has 0 aromatic carbocycles. The van der Waals surface area contributed by atoms with Crippen molar-refractivity contribution < 1.29 is 19.4 Å². The van der Waals surface area contributed by atoms with Gasteiger partial charge in [0.25, 0.3) is 0 Å². The van der Waals surface area contributed by atoms with Crippen LogP contribution in [0.1, 0.15) is 29.3 Å². The van der Waals surface area contributed by atoms with Gasteiger partial charge in [0.2, 0.25) is 5.76 Å². The zero-order valence-corrected chi connectivity index (χ0v) is 11.1. The lowest BCUT2D eigenvalue weighted by atomic mass is 10.2. The second kappa shape index (κ2) is 6.18. The molecule has 1 fully saturated rings. The van der Waals surface area contributed by atoms with Gasteiger partial charge < -0.3 is 14.6 Å². The maximum atomic E-state index is 10.8. The van der Waals surface area contributed by atoms with E-state index in [9.17, 15) is 4.79 Å². The van der Waals surface area contributed by atoms with Crippen LogP contribution in [0.25, 0.3) is 0 Å². The molecule has 1 saturated heterocycles. The molecule has 0 amide bonds. The van der Waals surface area contributed by atoms with Crippen molar-refractivity contribution >= 4 is 5.97 Å². The third-order valence-electron chi connectivity index (χ3n) is 3.62. The molecule has 0 radical (unpaired) electrons. The third-order valence-corrected chi connectivity index (χ3v) is 3.62. The van der Waals surface area contributed by atoms with Gasteiger partial charge in [-0.2, -0.15) is 0 Å². The van der Waals surface area contributed by atoms with Crippen molar-refractivity contribution in [2.45, 2.75) is 13.0 Å². The number of nitrogens with zero attached hydrogens (tertiary/aromatic N) is 2. The first-order valence-corrected chi connectivity index (χ1v) is 6.52. The Bertz CT molecular complexity index is 424. The highest BCUT2D eigenvalue weighted by Crippen LogP contribution is 2.23. The molecule has 6 nitrogen and oxygen atoms in total. The number of aliphatic hydroxyl groups excluding tert-OH is 1. The fourth-order valence-electron chi connectivity index (χ4n) is 2.39. The molecule has 0 bridgehead atoms. The van der Waals surface area contributed by atoms with E-state index >= 15 is 0 Å². The van der Waals surface area contributed by atoms with Crippen LogP contribution in [-0.2, 0) is 0 Å². The van der Waals surface area contributed by atoms with Gasteiger partial charge in [-0.3, -0.25) is 9.80 Å². The van der Waals surface area contributed by atoms with Crippen molar-refractivity contribution in [1.29, 1.82) is 0 Å². The van der Waals surface area contributed by atoms with E-state index in [0.717, 1.165) is 26.2 Å². The Balaban J connectivity index is 1.93. The van der Waals surface area contributed by atoms with Gasteiger partial charge in [-0.25, -0.2) is 4.79 Å². The van der Waals surface area contributed by atoms with Gasteiger partial charge in [0.15, 0.2) is 0 Å². The average Bonchev–Trinajstić information content (AvgIpc) is 2.89. The summed E-state index contributed by atoms with van der Waals surface area (Å²) in [6.45, 7) is 6.54. The van der Waals surface area contributed by atoms with Crippen molar-refractivity contribution in [3.8, 4) is 0 Å². The van der Waals surface area contributed by atoms with Crippen molar-refractivity contribution in [2.75, 3.05) is 39.3 Å². The minimum atomic E-state index is -1.04. The van der Waals surface area contributed by atoms with Crippen LogP contribution in [0.5, 0.6) is 0 Å². The predicted molar refractivity (Wildman–Crippen MR) is 69.2 cm³/mol. The second-order valence-corrected chi connectivity index (χ2v) is 4.78. The lowest BCUT2D eigenvalue weighted by molar-refractivity contribution is 0.0642. The van der Waals surface area contributed by atoms with Gasteiger partial charge in [-0.05, 0) is 19.1 Å². The first-order valence-electron chi connectivity index (χ1n) is 6.52. The molecule has 2 N–H and O–H groups in total. The van der Waals surface area contributed by atoms with Gasteiger partial charge in [0.05, 0.1) is 12.6 Å². The molecule has 19 heavy (non-hydrogen) atoms. The van der Waals surface area contributed by atoms with E-state index in [1.807, 2.05) is 6.92 Å². The number of carboxylic acids is 1. The lowest BCUT2D eigenvalue weighted by Crippen LogP contribution is -2.47. The fraction of sp³-hybridized carbons (Fsp3) is 0.615. The Morgan fingerprint density at radius 1 is 1.37 bits per heavy atom. The largest absolute Gasteiger partial charge is 0.475 e. The fourth-order valence-corrected chi connectivity index (χ4v) is 2.39. The zero-order chi connectivity index (χ0) is 13.8. The normalized spacial score (nSPS) is 19.5. The Hall–Kier alpha value is -1.37. The number of hydrogen-bond donors (Lipinski definition) is 2. The molecule has 6 heteroatoms. The van der Waals surface area contributed by atoms with Crippen molar-refractivity contribution in [2.24, 2.45) is 0 Å². The number of carboxylic acid groups (broad SMARTS) is 1. The first kappa shape index (κ1) is 14.0. The van der Waals surface area contributed by atoms with E-state index in [2.05, 4.69) is 9.80 Å². The number of furan rings is 1. The molecule has 1 aliphatic heterocycles. The van der Waals surface area contributed by atoms with Crippen LogP contribution < -0.4 is 0 Å². The van der Waals surface area contributed by atoms with E-state index in [1.54, 1.807) is 6.07 Å². The standard InChI is InChI=1S/C13H20N2O4/c1-10(11-2-3-12(19-11)13(17)18)15-6-4-14(5-7-15)8-9-16/h2-3,10,16H,4-9H2,1H3,(H,17,18). The van der Waals surface area contributed by atoms with Crippen molar-refractivity contribution in [3.05, 3.63) is 23.7 Å². The minimum Gasteiger partial charge on any atom is -0.475 e. The highest BCUT2D eigenvalue weighted by Gasteiger charge is 2.24. The molecule has 0 spiro atoms. The minimum absolute atomic E-state index is 0.0132. The van der Waals surface area contributed by atoms with E-state index in [1.165, 1.54) is 6.07 Å². The van der Waals surface area contributed by atoms with Crippen LogP contribution in [0.15, 0.2) is 16.5 Å². The quantitative estimate of drug-likeness (QED) is 0.816. The molecular formula is C13H20N2O4. The summed E-state index contributed by atoms with van der Waals surface area (Å²) in [6, 6.07) is 3.30. The van der Waals surface area contributed by atoms with Crippen LogP contribution in [-0.4, -0.2) is 65.3 Å². The van der Waals surface area contributed by atoms with Crippen LogP contribution in [0.4, 0.5) is 0 Å². The molecule has 2 rings (SSSR count). The second-order valence-electron chi connectivity index (χ2n) is 4.78. The first-order chi connectivity index (χ1) is 9.11. The van der Waals surface area contributed by atoms with Crippen molar-refractivity contribution in [1.82, 2.24) is 9.80 Å².